The quantitative estimate of drug-likeness (QED) is 0.207. The van der Waals surface area contributed by atoms with Crippen molar-refractivity contribution in [1.82, 2.24) is 9.97 Å². The zero-order valence-electron chi connectivity index (χ0n) is 19.5. The Balaban J connectivity index is 1.51. The fourth-order valence-corrected chi connectivity index (χ4v) is 5.37. The molecule has 6 aromatic rings. The molecule has 0 fully saturated rings. The number of thiazole rings is 1. The fraction of sp³-hybridized carbons (Fsp3) is 0.103. The number of rotatable bonds is 5. The lowest BCUT2D eigenvalue weighted by Gasteiger charge is -2.19. The lowest BCUT2D eigenvalue weighted by Crippen LogP contribution is -2.34. The first-order valence-corrected chi connectivity index (χ1v) is 12.5. The number of nitrogens with zero attached hydrogens (tertiary/aromatic N) is 3. The van der Waals surface area contributed by atoms with Gasteiger partial charge in [0.15, 0.2) is 5.13 Å². The minimum absolute atomic E-state index is 0.0386. The molecule has 7 heteroatoms. The van der Waals surface area contributed by atoms with E-state index in [1.54, 1.807) is 18.3 Å². The van der Waals surface area contributed by atoms with Gasteiger partial charge in [-0.3, -0.25) is 14.7 Å². The number of amides is 1. The van der Waals surface area contributed by atoms with Gasteiger partial charge in [-0.15, -0.1) is 0 Å². The van der Waals surface area contributed by atoms with Crippen LogP contribution in [-0.2, 0) is 13.0 Å². The normalized spacial score (nSPS) is 11.4. The molecule has 0 aliphatic rings. The van der Waals surface area contributed by atoms with Crippen LogP contribution >= 0.6 is 11.3 Å². The number of fused-ring (bicyclic) bond motifs is 4. The molecule has 0 atom stereocenters. The zero-order valence-corrected chi connectivity index (χ0v) is 20.3. The summed E-state index contributed by atoms with van der Waals surface area (Å²) in [6, 6.07) is 24.8. The van der Waals surface area contributed by atoms with Crippen molar-refractivity contribution in [1.29, 1.82) is 0 Å². The maximum Gasteiger partial charge on any atom is 0.349 e. The van der Waals surface area contributed by atoms with Crippen molar-refractivity contribution >= 4 is 54.3 Å². The smallest absolute Gasteiger partial charge is 0.349 e. The summed E-state index contributed by atoms with van der Waals surface area (Å²) in [7, 11) is 0. The van der Waals surface area contributed by atoms with Gasteiger partial charge in [-0.2, -0.15) is 0 Å². The molecule has 0 bridgehead atoms. The van der Waals surface area contributed by atoms with Crippen LogP contribution in [0.2, 0.25) is 0 Å². The minimum Gasteiger partial charge on any atom is -0.422 e. The second-order valence-corrected chi connectivity index (χ2v) is 9.52. The van der Waals surface area contributed by atoms with Crippen LogP contribution in [0.15, 0.2) is 94.3 Å². The molecule has 3 heterocycles. The number of pyridine rings is 1. The Labute approximate surface area is 210 Å². The van der Waals surface area contributed by atoms with Crippen LogP contribution in [0.25, 0.3) is 32.0 Å². The highest BCUT2D eigenvalue weighted by atomic mass is 32.1. The van der Waals surface area contributed by atoms with E-state index in [2.05, 4.69) is 18.0 Å². The van der Waals surface area contributed by atoms with Crippen molar-refractivity contribution in [2.45, 2.75) is 19.9 Å². The summed E-state index contributed by atoms with van der Waals surface area (Å²) in [5, 5.41) is 3.13. The van der Waals surface area contributed by atoms with E-state index in [1.165, 1.54) is 21.8 Å². The van der Waals surface area contributed by atoms with Gasteiger partial charge < -0.3 is 4.42 Å². The van der Waals surface area contributed by atoms with Crippen molar-refractivity contribution in [3.8, 4) is 0 Å². The van der Waals surface area contributed by atoms with E-state index in [0.29, 0.717) is 21.8 Å². The van der Waals surface area contributed by atoms with E-state index >= 15 is 0 Å². The van der Waals surface area contributed by atoms with Gasteiger partial charge in [-0.05, 0) is 59.2 Å². The largest absolute Gasteiger partial charge is 0.422 e. The average Bonchev–Trinajstić information content (AvgIpc) is 3.34. The van der Waals surface area contributed by atoms with E-state index in [0.717, 1.165) is 27.4 Å². The van der Waals surface area contributed by atoms with Gasteiger partial charge in [0.1, 0.15) is 11.1 Å². The third-order valence-electron chi connectivity index (χ3n) is 6.24. The van der Waals surface area contributed by atoms with Gasteiger partial charge in [0.05, 0.1) is 22.5 Å². The van der Waals surface area contributed by atoms with Crippen LogP contribution in [0, 0.1) is 0 Å². The monoisotopic (exact) mass is 491 g/mol. The van der Waals surface area contributed by atoms with Gasteiger partial charge in [0.25, 0.3) is 5.91 Å². The molecule has 0 aliphatic carbocycles. The molecular weight excluding hydrogens is 470 g/mol. The van der Waals surface area contributed by atoms with Crippen molar-refractivity contribution in [3.63, 3.8) is 0 Å². The molecule has 0 saturated heterocycles. The topological polar surface area (TPSA) is 76.3 Å². The third-order valence-corrected chi connectivity index (χ3v) is 7.29. The fourth-order valence-electron chi connectivity index (χ4n) is 4.34. The molecule has 3 aromatic carbocycles. The van der Waals surface area contributed by atoms with Gasteiger partial charge in [-0.25, -0.2) is 9.78 Å². The Hall–Kier alpha value is -4.36. The highest BCUT2D eigenvalue weighted by Gasteiger charge is 2.26. The Morgan fingerprint density at radius 1 is 0.972 bits per heavy atom. The molecule has 36 heavy (non-hydrogen) atoms. The van der Waals surface area contributed by atoms with Gasteiger partial charge in [0, 0.05) is 11.6 Å². The summed E-state index contributed by atoms with van der Waals surface area (Å²) in [4.78, 5) is 37.6. The minimum atomic E-state index is -0.678. The predicted octanol–water partition coefficient (Wildman–Crippen LogP) is 6.36. The Morgan fingerprint density at radius 2 is 1.83 bits per heavy atom. The first kappa shape index (κ1) is 22.1. The SMILES string of the molecule is CCc1ccc2nc(N(Cc3ccccn3)C(=O)c3cc4c(ccc5ccccc54)oc3=O)sc2c1. The van der Waals surface area contributed by atoms with Crippen LogP contribution < -0.4 is 10.5 Å². The van der Waals surface area contributed by atoms with E-state index in [4.69, 9.17) is 9.40 Å². The van der Waals surface area contributed by atoms with Gasteiger partial charge >= 0.3 is 5.63 Å². The number of carbonyl (C=O) groups excluding carboxylic acids is 1. The van der Waals surface area contributed by atoms with Crippen molar-refractivity contribution < 1.29 is 9.21 Å². The van der Waals surface area contributed by atoms with Crippen molar-refractivity contribution in [3.05, 3.63) is 112 Å². The highest BCUT2D eigenvalue weighted by molar-refractivity contribution is 7.22. The van der Waals surface area contributed by atoms with E-state index in [-0.39, 0.29) is 12.1 Å². The lowest BCUT2D eigenvalue weighted by atomic mass is 10.0. The van der Waals surface area contributed by atoms with Crippen LogP contribution in [0.4, 0.5) is 5.13 Å². The van der Waals surface area contributed by atoms with E-state index < -0.39 is 11.5 Å². The lowest BCUT2D eigenvalue weighted by molar-refractivity contribution is 0.0981. The first-order chi connectivity index (χ1) is 17.6. The zero-order chi connectivity index (χ0) is 24.6. The molecule has 0 N–H and O–H groups in total. The standard InChI is InChI=1S/C29H21N3O3S/c1-2-18-10-12-24-26(15-18)36-29(31-24)32(17-20-8-5-6-14-30-20)27(33)23-16-22-21-9-4-3-7-19(21)11-13-25(22)35-28(23)34/h3-16H,2,17H2,1H3. The van der Waals surface area contributed by atoms with Crippen molar-refractivity contribution in [2.24, 2.45) is 0 Å². The van der Waals surface area contributed by atoms with E-state index in [9.17, 15) is 9.59 Å². The van der Waals surface area contributed by atoms with Crippen LogP contribution in [-0.4, -0.2) is 15.9 Å². The average molecular weight is 492 g/mol. The molecule has 6 rings (SSSR count). The number of hydrogen-bond donors (Lipinski definition) is 0. The summed E-state index contributed by atoms with van der Waals surface area (Å²) < 4.78 is 6.60. The van der Waals surface area contributed by atoms with Crippen LogP contribution in [0.3, 0.4) is 0 Å². The molecular formula is C29H21N3O3S. The Kier molecular flexibility index (Phi) is 5.54. The molecule has 1 amide bonds. The molecule has 176 valence electrons. The number of carbonyl (C=O) groups is 1. The maximum atomic E-state index is 14.0. The Morgan fingerprint density at radius 3 is 2.67 bits per heavy atom. The predicted molar refractivity (Wildman–Crippen MR) is 144 cm³/mol. The van der Waals surface area contributed by atoms with Crippen LogP contribution in [0.1, 0.15) is 28.5 Å². The molecule has 0 aliphatic heterocycles. The second kappa shape index (κ2) is 9.02. The molecule has 0 spiro atoms. The number of hydrogen-bond acceptors (Lipinski definition) is 6. The van der Waals surface area contributed by atoms with Crippen molar-refractivity contribution in [2.75, 3.05) is 4.90 Å². The summed E-state index contributed by atoms with van der Waals surface area (Å²) in [6.07, 6.45) is 2.59. The molecule has 0 radical (unpaired) electrons. The second-order valence-electron chi connectivity index (χ2n) is 8.51. The molecule has 6 nitrogen and oxygen atoms in total. The molecule has 0 unspecified atom stereocenters. The van der Waals surface area contributed by atoms with Gasteiger partial charge in [-0.1, -0.05) is 60.7 Å². The maximum absolute atomic E-state index is 14.0. The summed E-state index contributed by atoms with van der Waals surface area (Å²) in [5.41, 5.74) is 2.42. The number of aryl methyl sites for hydroxylation is 1. The summed E-state index contributed by atoms with van der Waals surface area (Å²) in [6.45, 7) is 2.27. The summed E-state index contributed by atoms with van der Waals surface area (Å²) in [5.74, 6) is -0.473. The number of benzene rings is 3. The first-order valence-electron chi connectivity index (χ1n) is 11.7. The van der Waals surface area contributed by atoms with Crippen LogP contribution in [0.5, 0.6) is 0 Å². The third kappa shape index (κ3) is 3.93. The summed E-state index contributed by atoms with van der Waals surface area (Å²) >= 11 is 1.42. The number of aromatic nitrogens is 2. The van der Waals surface area contributed by atoms with Gasteiger partial charge in [0.2, 0.25) is 0 Å². The number of anilines is 1. The van der Waals surface area contributed by atoms with E-state index in [1.807, 2.05) is 60.7 Å². The highest BCUT2D eigenvalue weighted by Crippen LogP contribution is 2.32. The molecule has 0 saturated carbocycles. The molecule has 3 aromatic heterocycles. The Bertz CT molecular complexity index is 1810.